The first kappa shape index (κ1) is 23.4. The van der Waals surface area contributed by atoms with Crippen molar-refractivity contribution in [2.45, 2.75) is 31.8 Å². The molecule has 3 aromatic rings. The number of aromatic nitrogens is 2. The van der Waals surface area contributed by atoms with Gasteiger partial charge in [-0.1, -0.05) is 11.8 Å². The van der Waals surface area contributed by atoms with Crippen molar-refractivity contribution in [2.24, 2.45) is 5.92 Å². The monoisotopic (exact) mass is 489 g/mol. The van der Waals surface area contributed by atoms with Gasteiger partial charge in [0.15, 0.2) is 5.16 Å². The van der Waals surface area contributed by atoms with E-state index in [2.05, 4.69) is 4.98 Å². The van der Waals surface area contributed by atoms with Crippen molar-refractivity contribution >= 4 is 45.2 Å². The average molecular weight is 490 g/mol. The zero-order valence-corrected chi connectivity index (χ0v) is 20.0. The van der Waals surface area contributed by atoms with Crippen molar-refractivity contribution in [3.05, 3.63) is 51.4 Å². The number of aryl methyl sites for hydroxylation is 1. The zero-order chi connectivity index (χ0) is 23.5. The molecule has 0 bridgehead atoms. The highest BCUT2D eigenvalue weighted by Gasteiger charge is 2.29. The topological polar surface area (TPSA) is 81.5 Å². The maximum absolute atomic E-state index is 13.8. The normalized spacial score (nSPS) is 16.2. The number of halogens is 1. The summed E-state index contributed by atoms with van der Waals surface area (Å²) in [6.45, 7) is 4.62. The molecule has 1 amide bonds. The van der Waals surface area contributed by atoms with Gasteiger partial charge in [0.1, 0.15) is 10.5 Å². The number of carbonyl (C=O) groups excluding carboxylic acids is 2. The van der Waals surface area contributed by atoms with E-state index in [4.69, 9.17) is 4.74 Å². The Hall–Kier alpha value is -2.72. The molecular formula is C23H24FN3O4S2. The highest BCUT2D eigenvalue weighted by molar-refractivity contribution is 7.99. The summed E-state index contributed by atoms with van der Waals surface area (Å²) in [6, 6.07) is 6.21. The van der Waals surface area contributed by atoms with E-state index in [1.807, 2.05) is 0 Å². The first-order valence-electron chi connectivity index (χ1n) is 10.7. The highest BCUT2D eigenvalue weighted by Crippen LogP contribution is 2.26. The molecule has 7 nitrogen and oxygen atoms in total. The van der Waals surface area contributed by atoms with E-state index in [9.17, 15) is 18.8 Å². The number of rotatable bonds is 6. The lowest BCUT2D eigenvalue weighted by Crippen LogP contribution is -2.43. The summed E-state index contributed by atoms with van der Waals surface area (Å²) in [7, 11) is 0. The molecule has 1 aromatic carbocycles. The predicted molar refractivity (Wildman–Crippen MR) is 127 cm³/mol. The molecule has 0 saturated carbocycles. The van der Waals surface area contributed by atoms with E-state index in [1.54, 1.807) is 36.3 Å². The van der Waals surface area contributed by atoms with Gasteiger partial charge in [0.25, 0.3) is 5.56 Å². The number of thioether (sulfide) groups is 1. The molecule has 0 aliphatic carbocycles. The molecule has 1 aliphatic rings. The molecule has 10 heteroatoms. The van der Waals surface area contributed by atoms with Crippen molar-refractivity contribution in [1.29, 1.82) is 0 Å². The zero-order valence-electron chi connectivity index (χ0n) is 18.4. The van der Waals surface area contributed by atoms with Gasteiger partial charge in [-0.05, 0) is 61.9 Å². The average Bonchev–Trinajstić information content (AvgIpc) is 3.29. The summed E-state index contributed by atoms with van der Waals surface area (Å²) in [5.41, 5.74) is 1.22. The Morgan fingerprint density at radius 3 is 2.91 bits per heavy atom. The van der Waals surface area contributed by atoms with Gasteiger partial charge in [-0.15, -0.1) is 11.3 Å². The van der Waals surface area contributed by atoms with Gasteiger partial charge in [0.05, 0.1) is 29.5 Å². The van der Waals surface area contributed by atoms with Gasteiger partial charge in [-0.2, -0.15) is 0 Å². The fraction of sp³-hybridized carbons (Fsp3) is 0.391. The molecule has 0 radical (unpaired) electrons. The smallest absolute Gasteiger partial charge is 0.310 e. The number of hydrogen-bond acceptors (Lipinski definition) is 7. The predicted octanol–water partition coefficient (Wildman–Crippen LogP) is 3.79. The Morgan fingerprint density at radius 2 is 2.15 bits per heavy atom. The first-order valence-corrected chi connectivity index (χ1v) is 12.6. The van der Waals surface area contributed by atoms with Crippen LogP contribution in [0.4, 0.5) is 4.39 Å². The van der Waals surface area contributed by atoms with Gasteiger partial charge in [0.2, 0.25) is 5.91 Å². The quantitative estimate of drug-likeness (QED) is 0.298. The van der Waals surface area contributed by atoms with Crippen LogP contribution < -0.4 is 5.56 Å². The number of thiophene rings is 1. The summed E-state index contributed by atoms with van der Waals surface area (Å²) in [5, 5.41) is 2.16. The van der Waals surface area contributed by atoms with Crippen LogP contribution in [0.3, 0.4) is 0 Å². The molecule has 0 unspecified atom stereocenters. The molecular weight excluding hydrogens is 465 g/mol. The highest BCUT2D eigenvalue weighted by atomic mass is 32.2. The fourth-order valence-electron chi connectivity index (χ4n) is 3.86. The maximum atomic E-state index is 13.8. The van der Waals surface area contributed by atoms with Crippen molar-refractivity contribution in [3.63, 3.8) is 0 Å². The molecule has 33 heavy (non-hydrogen) atoms. The van der Waals surface area contributed by atoms with E-state index in [0.717, 1.165) is 18.2 Å². The lowest BCUT2D eigenvalue weighted by Gasteiger charge is -2.31. The Morgan fingerprint density at radius 1 is 1.33 bits per heavy atom. The number of esters is 1. The third kappa shape index (κ3) is 4.96. The van der Waals surface area contributed by atoms with Gasteiger partial charge in [0, 0.05) is 13.1 Å². The van der Waals surface area contributed by atoms with E-state index in [-0.39, 0.29) is 34.9 Å². The summed E-state index contributed by atoms with van der Waals surface area (Å²) in [6.07, 6.45) is 1.44. The molecule has 1 fully saturated rings. The number of carbonyl (C=O) groups is 2. The van der Waals surface area contributed by atoms with Crippen LogP contribution in [0.25, 0.3) is 15.9 Å². The Kier molecular flexibility index (Phi) is 7.14. The number of fused-ring (bicyclic) bond motifs is 1. The van der Waals surface area contributed by atoms with Crippen LogP contribution in [0.5, 0.6) is 0 Å². The minimum atomic E-state index is -0.359. The molecule has 1 atom stereocenters. The fourth-order valence-corrected chi connectivity index (χ4v) is 5.53. The number of amides is 1. The van der Waals surface area contributed by atoms with Crippen molar-refractivity contribution in [1.82, 2.24) is 14.5 Å². The Balaban J connectivity index is 1.58. The first-order chi connectivity index (χ1) is 15.9. The molecule has 0 N–H and O–H groups in total. The lowest BCUT2D eigenvalue weighted by atomic mass is 9.98. The minimum Gasteiger partial charge on any atom is -0.466 e. The van der Waals surface area contributed by atoms with Gasteiger partial charge < -0.3 is 9.64 Å². The summed E-state index contributed by atoms with van der Waals surface area (Å²) >= 11 is 2.46. The summed E-state index contributed by atoms with van der Waals surface area (Å²) < 4.78 is 20.9. The van der Waals surface area contributed by atoms with Crippen molar-refractivity contribution in [2.75, 3.05) is 25.4 Å². The maximum Gasteiger partial charge on any atom is 0.310 e. The number of ether oxygens (including phenoxy) is 1. The van der Waals surface area contributed by atoms with E-state index in [1.165, 1.54) is 28.0 Å². The lowest BCUT2D eigenvalue weighted by molar-refractivity contribution is -0.151. The Bertz CT molecular complexity index is 1260. The second kappa shape index (κ2) is 10.0. The van der Waals surface area contributed by atoms with E-state index < -0.39 is 0 Å². The van der Waals surface area contributed by atoms with Crippen LogP contribution in [0.2, 0.25) is 0 Å². The second-order valence-corrected chi connectivity index (χ2v) is 9.68. The molecule has 4 rings (SSSR count). The molecule has 0 spiro atoms. The number of benzene rings is 1. The van der Waals surface area contributed by atoms with Crippen LogP contribution in [0.15, 0.2) is 39.6 Å². The van der Waals surface area contributed by atoms with Crippen LogP contribution in [-0.2, 0) is 14.3 Å². The minimum absolute atomic E-state index is 0.0673. The van der Waals surface area contributed by atoms with Crippen LogP contribution in [0, 0.1) is 18.7 Å². The molecule has 2 aromatic heterocycles. The van der Waals surface area contributed by atoms with E-state index >= 15 is 0 Å². The van der Waals surface area contributed by atoms with E-state index in [0.29, 0.717) is 52.7 Å². The number of hydrogen-bond donors (Lipinski definition) is 0. The van der Waals surface area contributed by atoms with Gasteiger partial charge >= 0.3 is 5.97 Å². The van der Waals surface area contributed by atoms with Crippen molar-refractivity contribution in [3.8, 4) is 5.69 Å². The summed E-state index contributed by atoms with van der Waals surface area (Å²) in [4.78, 5) is 44.5. The van der Waals surface area contributed by atoms with Crippen LogP contribution >= 0.6 is 23.1 Å². The number of nitrogens with zero attached hydrogens (tertiary/aromatic N) is 3. The molecule has 3 heterocycles. The Labute approximate surface area is 198 Å². The van der Waals surface area contributed by atoms with Crippen LogP contribution in [0.1, 0.15) is 25.3 Å². The number of likely N-dealkylation sites (tertiary alicyclic amines) is 1. The molecule has 174 valence electrons. The SMILES string of the molecule is CCOC(=O)[C@@H]1CCCN(C(=O)CSc2nc3ccsc3c(=O)n2-c2ccc(F)c(C)c2)C1. The van der Waals surface area contributed by atoms with Crippen LogP contribution in [-0.4, -0.2) is 51.8 Å². The standard InChI is InChI=1S/C23H24FN3O4S2/c1-3-31-22(30)15-5-4-9-26(12-15)19(28)13-33-23-25-18-8-10-32-20(18)21(29)27(23)16-6-7-17(24)14(2)11-16/h6-8,10-11,15H,3-5,9,12-13H2,1-2H3/t15-/m1/s1. The van der Waals surface area contributed by atoms with Gasteiger partial charge in [-0.25, -0.2) is 9.37 Å². The molecule has 1 aliphatic heterocycles. The largest absolute Gasteiger partial charge is 0.466 e. The third-order valence-corrected chi connectivity index (χ3v) is 7.38. The van der Waals surface area contributed by atoms with Gasteiger partial charge in [-0.3, -0.25) is 19.0 Å². The molecule has 1 saturated heterocycles. The third-order valence-electron chi connectivity index (χ3n) is 5.57. The number of piperidine rings is 1. The van der Waals surface area contributed by atoms with Crippen molar-refractivity contribution < 1.29 is 18.7 Å². The second-order valence-electron chi connectivity index (χ2n) is 7.82. The summed E-state index contributed by atoms with van der Waals surface area (Å²) in [5.74, 6) is -1.00.